The number of hydrogen-bond donors (Lipinski definition) is 2. The van der Waals surface area contributed by atoms with Crippen LogP contribution in [0.3, 0.4) is 0 Å². The van der Waals surface area contributed by atoms with Gasteiger partial charge >= 0.3 is 0 Å². The van der Waals surface area contributed by atoms with Crippen molar-refractivity contribution in [2.75, 3.05) is 29.0 Å². The Labute approximate surface area is 225 Å². The third-order valence-electron chi connectivity index (χ3n) is 6.08. The summed E-state index contributed by atoms with van der Waals surface area (Å²) in [6, 6.07) is 25.3. The molecule has 1 heterocycles. The van der Waals surface area contributed by atoms with Crippen molar-refractivity contribution in [1.29, 1.82) is 0 Å². The van der Waals surface area contributed by atoms with Gasteiger partial charge in [-0.15, -0.1) is 11.3 Å². The average Bonchev–Trinajstić information content (AvgIpc) is 3.36. The van der Waals surface area contributed by atoms with Crippen LogP contribution in [0.15, 0.2) is 95.2 Å². The van der Waals surface area contributed by atoms with E-state index < -0.39 is 10.0 Å². The van der Waals surface area contributed by atoms with Gasteiger partial charge in [0.2, 0.25) is 0 Å². The summed E-state index contributed by atoms with van der Waals surface area (Å²) >= 11 is 1.31. The number of amides is 1. The summed E-state index contributed by atoms with van der Waals surface area (Å²) in [6.45, 7) is 1.96. The predicted octanol–water partition coefficient (Wildman–Crippen LogP) is 6.39. The molecule has 0 unspecified atom stereocenters. The van der Waals surface area contributed by atoms with Gasteiger partial charge < -0.3 is 4.90 Å². The first-order valence-electron chi connectivity index (χ1n) is 11.9. The molecular formula is C29H26N4O3S2. The third kappa shape index (κ3) is 5.25. The molecule has 0 aliphatic heterocycles. The van der Waals surface area contributed by atoms with Crippen LogP contribution in [0.1, 0.15) is 15.9 Å². The Morgan fingerprint density at radius 2 is 1.61 bits per heavy atom. The molecule has 7 nitrogen and oxygen atoms in total. The minimum Gasteiger partial charge on any atom is -0.377 e. The molecule has 5 aromatic rings. The van der Waals surface area contributed by atoms with Gasteiger partial charge in [0.1, 0.15) is 0 Å². The molecule has 9 heteroatoms. The summed E-state index contributed by atoms with van der Waals surface area (Å²) in [5.41, 5.74) is 4.35. The lowest BCUT2D eigenvalue weighted by molar-refractivity contribution is 0.102. The zero-order valence-corrected chi connectivity index (χ0v) is 22.7. The van der Waals surface area contributed by atoms with Crippen molar-refractivity contribution < 1.29 is 13.2 Å². The molecule has 0 spiro atoms. The molecule has 4 aromatic carbocycles. The summed E-state index contributed by atoms with van der Waals surface area (Å²) in [5, 5.41) is 6.62. The minimum atomic E-state index is -3.87. The van der Waals surface area contributed by atoms with Gasteiger partial charge in [0.25, 0.3) is 15.9 Å². The average molecular weight is 543 g/mol. The summed E-state index contributed by atoms with van der Waals surface area (Å²) in [4.78, 5) is 19.2. The second-order valence-electron chi connectivity index (χ2n) is 9.07. The summed E-state index contributed by atoms with van der Waals surface area (Å²) in [6.07, 6.45) is 0. The number of carbonyl (C=O) groups excluding carboxylic acids is 1. The van der Waals surface area contributed by atoms with E-state index in [-0.39, 0.29) is 10.8 Å². The van der Waals surface area contributed by atoms with Crippen LogP contribution in [0.4, 0.5) is 16.5 Å². The van der Waals surface area contributed by atoms with Crippen LogP contribution in [0, 0.1) is 6.92 Å². The fourth-order valence-corrected chi connectivity index (χ4v) is 6.17. The van der Waals surface area contributed by atoms with Gasteiger partial charge in [0.05, 0.1) is 10.6 Å². The maximum absolute atomic E-state index is 13.4. The summed E-state index contributed by atoms with van der Waals surface area (Å²) < 4.78 is 29.6. The molecular weight excluding hydrogens is 516 g/mol. The minimum absolute atomic E-state index is 0.207. The fourth-order valence-electron chi connectivity index (χ4n) is 4.18. The first-order chi connectivity index (χ1) is 18.2. The molecule has 0 aliphatic rings. The van der Waals surface area contributed by atoms with Crippen LogP contribution < -0.4 is 14.9 Å². The molecule has 2 N–H and O–H groups in total. The monoisotopic (exact) mass is 542 g/mol. The van der Waals surface area contributed by atoms with E-state index in [0.29, 0.717) is 27.5 Å². The number of carbonyl (C=O) groups is 1. The van der Waals surface area contributed by atoms with Gasteiger partial charge in [-0.3, -0.25) is 14.8 Å². The number of thiazole rings is 1. The van der Waals surface area contributed by atoms with Crippen molar-refractivity contribution >= 4 is 54.5 Å². The number of benzene rings is 4. The number of anilines is 3. The third-order valence-corrected chi connectivity index (χ3v) is 8.28. The molecule has 0 radical (unpaired) electrons. The lowest BCUT2D eigenvalue weighted by atomic mass is 10.1. The number of nitrogens with one attached hydrogen (secondary N) is 2. The van der Waals surface area contributed by atoms with Gasteiger partial charge in [-0.2, -0.15) is 0 Å². The molecule has 1 aromatic heterocycles. The van der Waals surface area contributed by atoms with Crippen molar-refractivity contribution in [3.05, 3.63) is 101 Å². The number of hydrogen-bond acceptors (Lipinski definition) is 6. The Kier molecular flexibility index (Phi) is 6.88. The van der Waals surface area contributed by atoms with Gasteiger partial charge in [-0.25, -0.2) is 13.4 Å². The largest absolute Gasteiger partial charge is 0.377 e. The van der Waals surface area contributed by atoms with Gasteiger partial charge in [0.15, 0.2) is 5.13 Å². The zero-order valence-electron chi connectivity index (χ0n) is 21.1. The van der Waals surface area contributed by atoms with E-state index in [0.717, 1.165) is 22.2 Å². The molecule has 1 amide bonds. The van der Waals surface area contributed by atoms with Crippen molar-refractivity contribution in [3.63, 3.8) is 0 Å². The molecule has 0 aliphatic carbocycles. The molecule has 5 rings (SSSR count). The highest BCUT2D eigenvalue weighted by molar-refractivity contribution is 7.93. The molecule has 0 saturated heterocycles. The van der Waals surface area contributed by atoms with E-state index in [2.05, 4.69) is 15.0 Å². The van der Waals surface area contributed by atoms with Gasteiger partial charge in [-0.1, -0.05) is 54.1 Å². The number of fused-ring (bicyclic) bond motifs is 1. The topological polar surface area (TPSA) is 91.4 Å². The number of nitrogens with zero attached hydrogens (tertiary/aromatic N) is 2. The van der Waals surface area contributed by atoms with Crippen LogP contribution in [-0.4, -0.2) is 33.4 Å². The Balaban J connectivity index is 1.38. The number of aromatic nitrogens is 1. The number of rotatable bonds is 7. The van der Waals surface area contributed by atoms with Crippen molar-refractivity contribution in [1.82, 2.24) is 4.98 Å². The molecule has 192 valence electrons. The Bertz CT molecular complexity index is 1740. The summed E-state index contributed by atoms with van der Waals surface area (Å²) in [5.74, 6) is -0.236. The molecule has 0 atom stereocenters. The van der Waals surface area contributed by atoms with Crippen LogP contribution in [0.5, 0.6) is 0 Å². The quantitative estimate of drug-likeness (QED) is 0.249. The Hall–Kier alpha value is -4.21. The van der Waals surface area contributed by atoms with Crippen LogP contribution in [-0.2, 0) is 10.0 Å². The summed E-state index contributed by atoms with van der Waals surface area (Å²) in [7, 11) is -0.0129. The highest BCUT2D eigenvalue weighted by Crippen LogP contribution is 2.32. The smallest absolute Gasteiger partial charge is 0.262 e. The van der Waals surface area contributed by atoms with E-state index in [4.69, 9.17) is 0 Å². The van der Waals surface area contributed by atoms with Crippen LogP contribution in [0.2, 0.25) is 0 Å². The zero-order chi connectivity index (χ0) is 26.9. The van der Waals surface area contributed by atoms with E-state index in [1.807, 2.05) is 73.8 Å². The van der Waals surface area contributed by atoms with Crippen LogP contribution in [0.25, 0.3) is 22.0 Å². The van der Waals surface area contributed by atoms with Crippen molar-refractivity contribution in [3.8, 4) is 11.3 Å². The second kappa shape index (κ2) is 10.3. The number of aryl methyl sites for hydroxylation is 1. The molecule has 0 fully saturated rings. The molecule has 0 saturated carbocycles. The maximum Gasteiger partial charge on any atom is 0.262 e. The highest BCUT2D eigenvalue weighted by Gasteiger charge is 2.19. The first kappa shape index (κ1) is 25.4. The maximum atomic E-state index is 13.4. The Morgan fingerprint density at radius 1 is 0.895 bits per heavy atom. The van der Waals surface area contributed by atoms with Gasteiger partial charge in [0, 0.05) is 52.7 Å². The van der Waals surface area contributed by atoms with Gasteiger partial charge in [-0.05, 0) is 43.3 Å². The van der Waals surface area contributed by atoms with Crippen molar-refractivity contribution in [2.24, 2.45) is 0 Å². The SMILES string of the molecule is Cc1ccc(C(=O)Nc2nc(-c3cccc(NS(=O)(=O)c4cccc5c(N(C)C)cccc45)c3)cs2)cc1. The number of sulfonamides is 1. The first-order valence-corrected chi connectivity index (χ1v) is 14.2. The van der Waals surface area contributed by atoms with Crippen LogP contribution >= 0.6 is 11.3 Å². The predicted molar refractivity (Wildman–Crippen MR) is 156 cm³/mol. The van der Waals surface area contributed by atoms with E-state index in [1.54, 1.807) is 42.5 Å². The van der Waals surface area contributed by atoms with E-state index >= 15 is 0 Å². The molecule has 0 bridgehead atoms. The lowest BCUT2D eigenvalue weighted by Crippen LogP contribution is -2.14. The van der Waals surface area contributed by atoms with Crippen molar-refractivity contribution in [2.45, 2.75) is 11.8 Å². The second-order valence-corrected chi connectivity index (χ2v) is 11.6. The highest BCUT2D eigenvalue weighted by atomic mass is 32.2. The lowest BCUT2D eigenvalue weighted by Gasteiger charge is -2.17. The molecule has 38 heavy (non-hydrogen) atoms. The standard InChI is InChI=1S/C29H26N4O3S2/c1-19-13-15-20(16-14-19)28(34)31-29-30-25(18-37-29)21-7-4-8-22(17-21)32-38(35,36)27-12-6-9-23-24(27)10-5-11-26(23)33(2)3/h4-18,32H,1-3H3,(H,30,31,34). The normalized spacial score (nSPS) is 11.3. The van der Waals surface area contributed by atoms with E-state index in [1.165, 1.54) is 11.3 Å². The van der Waals surface area contributed by atoms with E-state index in [9.17, 15) is 13.2 Å². The Morgan fingerprint density at radius 3 is 2.37 bits per heavy atom. The fraction of sp³-hybridized carbons (Fsp3) is 0.103.